The maximum Gasteiger partial charge on any atom is 0.0476 e. The van der Waals surface area contributed by atoms with E-state index >= 15 is 0 Å². The van der Waals surface area contributed by atoms with Gasteiger partial charge >= 0.3 is 0 Å². The van der Waals surface area contributed by atoms with Crippen molar-refractivity contribution in [2.45, 2.75) is 32.2 Å². The molecule has 1 atom stereocenters. The Balaban J connectivity index is 3.02. The van der Waals surface area contributed by atoms with Gasteiger partial charge in [-0.2, -0.15) is 0 Å². The molecule has 1 unspecified atom stereocenters. The van der Waals surface area contributed by atoms with Gasteiger partial charge in [0.1, 0.15) is 0 Å². The van der Waals surface area contributed by atoms with Crippen LogP contribution in [0, 0.1) is 0 Å². The summed E-state index contributed by atoms with van der Waals surface area (Å²) in [5, 5.41) is 4.56. The van der Waals surface area contributed by atoms with Crippen molar-refractivity contribution in [3.8, 4) is 0 Å². The third kappa shape index (κ3) is 8.50. The highest BCUT2D eigenvalue weighted by Gasteiger charge is 1.98. The molecule has 0 heterocycles. The molecule has 0 saturated heterocycles. The van der Waals surface area contributed by atoms with Crippen LogP contribution in [0.3, 0.4) is 0 Å². The first-order chi connectivity index (χ1) is 5.81. The van der Waals surface area contributed by atoms with E-state index in [9.17, 15) is 0 Å². The smallest absolute Gasteiger partial charge is 0.0476 e. The fraction of sp³-hybridized carbons (Fsp3) is 1.00. The zero-order valence-electron chi connectivity index (χ0n) is 8.11. The van der Waals surface area contributed by atoms with E-state index in [4.69, 9.17) is 4.74 Å². The highest BCUT2D eigenvalue weighted by atomic mass is 79.9. The van der Waals surface area contributed by atoms with Crippen LogP contribution in [-0.2, 0) is 4.74 Å². The second-order valence-electron chi connectivity index (χ2n) is 3.03. The minimum absolute atomic E-state index is 0.584. The first-order valence-corrected chi connectivity index (χ1v) is 5.71. The Labute approximate surface area is 84.2 Å². The zero-order chi connectivity index (χ0) is 9.23. The molecule has 12 heavy (non-hydrogen) atoms. The van der Waals surface area contributed by atoms with Gasteiger partial charge in [-0.05, 0) is 32.7 Å². The lowest BCUT2D eigenvalue weighted by Crippen LogP contribution is -2.28. The van der Waals surface area contributed by atoms with E-state index in [1.165, 1.54) is 12.8 Å². The summed E-state index contributed by atoms with van der Waals surface area (Å²) in [7, 11) is 1.75. The van der Waals surface area contributed by atoms with Crippen molar-refractivity contribution in [2.75, 3.05) is 25.6 Å². The van der Waals surface area contributed by atoms with Gasteiger partial charge in [0.2, 0.25) is 0 Å². The third-order valence-corrected chi connectivity index (χ3v) is 2.37. The van der Waals surface area contributed by atoms with Gasteiger partial charge in [-0.1, -0.05) is 15.9 Å². The summed E-state index contributed by atoms with van der Waals surface area (Å²) in [5.74, 6) is 0. The molecule has 0 aromatic heterocycles. The first kappa shape index (κ1) is 12.4. The summed E-state index contributed by atoms with van der Waals surface area (Å²) >= 11 is 3.41. The standard InChI is InChI=1S/C9H20BrNO/c1-9(5-8-12-2)11-7-4-3-6-10/h9,11H,3-8H2,1-2H3. The maximum atomic E-state index is 4.99. The Morgan fingerprint density at radius 3 is 2.75 bits per heavy atom. The van der Waals surface area contributed by atoms with E-state index < -0.39 is 0 Å². The lowest BCUT2D eigenvalue weighted by Gasteiger charge is -2.12. The fourth-order valence-corrected chi connectivity index (χ4v) is 1.36. The van der Waals surface area contributed by atoms with E-state index in [2.05, 4.69) is 28.2 Å². The van der Waals surface area contributed by atoms with Gasteiger partial charge < -0.3 is 10.1 Å². The molecule has 0 amide bonds. The van der Waals surface area contributed by atoms with Crippen LogP contribution in [0.4, 0.5) is 0 Å². The predicted molar refractivity (Wildman–Crippen MR) is 57.0 cm³/mol. The van der Waals surface area contributed by atoms with Gasteiger partial charge in [0.15, 0.2) is 0 Å². The van der Waals surface area contributed by atoms with Gasteiger partial charge in [-0.15, -0.1) is 0 Å². The minimum Gasteiger partial charge on any atom is -0.385 e. The van der Waals surface area contributed by atoms with Gasteiger partial charge in [-0.3, -0.25) is 0 Å². The molecule has 0 rings (SSSR count). The monoisotopic (exact) mass is 237 g/mol. The number of unbranched alkanes of at least 4 members (excludes halogenated alkanes) is 1. The molecule has 0 aliphatic heterocycles. The topological polar surface area (TPSA) is 21.3 Å². The number of rotatable bonds is 8. The highest BCUT2D eigenvalue weighted by Crippen LogP contribution is 1.94. The molecule has 2 nitrogen and oxygen atoms in total. The van der Waals surface area contributed by atoms with Gasteiger partial charge in [0, 0.05) is 25.1 Å². The van der Waals surface area contributed by atoms with Crippen molar-refractivity contribution >= 4 is 15.9 Å². The van der Waals surface area contributed by atoms with Gasteiger partial charge in [0.05, 0.1) is 0 Å². The van der Waals surface area contributed by atoms with Crippen molar-refractivity contribution in [1.82, 2.24) is 5.32 Å². The number of halogens is 1. The average Bonchev–Trinajstić information content (AvgIpc) is 2.09. The summed E-state index contributed by atoms with van der Waals surface area (Å²) < 4.78 is 4.99. The molecular weight excluding hydrogens is 218 g/mol. The van der Waals surface area contributed by atoms with E-state index in [1.54, 1.807) is 7.11 Å². The van der Waals surface area contributed by atoms with Gasteiger partial charge in [-0.25, -0.2) is 0 Å². The van der Waals surface area contributed by atoms with Crippen LogP contribution in [0.1, 0.15) is 26.2 Å². The lowest BCUT2D eigenvalue weighted by molar-refractivity contribution is 0.185. The number of nitrogens with one attached hydrogen (secondary N) is 1. The molecule has 0 aliphatic carbocycles. The normalized spacial score (nSPS) is 13.2. The molecule has 74 valence electrons. The molecular formula is C9H20BrNO. The molecule has 0 aromatic rings. The first-order valence-electron chi connectivity index (χ1n) is 4.59. The molecule has 0 fully saturated rings. The van der Waals surface area contributed by atoms with Crippen molar-refractivity contribution in [1.29, 1.82) is 0 Å². The number of hydrogen-bond donors (Lipinski definition) is 1. The van der Waals surface area contributed by atoms with Crippen LogP contribution in [0.5, 0.6) is 0 Å². The maximum absolute atomic E-state index is 4.99. The molecule has 0 bridgehead atoms. The van der Waals surface area contributed by atoms with Crippen molar-refractivity contribution in [3.05, 3.63) is 0 Å². The molecule has 0 saturated carbocycles. The Bertz CT molecular complexity index is 90.6. The van der Waals surface area contributed by atoms with Crippen LogP contribution >= 0.6 is 15.9 Å². The van der Waals surface area contributed by atoms with Crippen molar-refractivity contribution in [2.24, 2.45) is 0 Å². The van der Waals surface area contributed by atoms with Gasteiger partial charge in [0.25, 0.3) is 0 Å². The minimum atomic E-state index is 0.584. The average molecular weight is 238 g/mol. The molecule has 0 spiro atoms. The Morgan fingerprint density at radius 1 is 1.42 bits per heavy atom. The summed E-state index contributed by atoms with van der Waals surface area (Å²) in [6.07, 6.45) is 3.61. The predicted octanol–water partition coefficient (Wildman–Crippen LogP) is 2.18. The largest absolute Gasteiger partial charge is 0.385 e. The summed E-state index contributed by atoms with van der Waals surface area (Å²) in [5.41, 5.74) is 0. The second-order valence-corrected chi connectivity index (χ2v) is 3.83. The van der Waals surface area contributed by atoms with Crippen LogP contribution in [-0.4, -0.2) is 31.6 Å². The number of hydrogen-bond acceptors (Lipinski definition) is 2. The lowest BCUT2D eigenvalue weighted by atomic mass is 10.2. The zero-order valence-corrected chi connectivity index (χ0v) is 9.69. The van der Waals surface area contributed by atoms with Crippen molar-refractivity contribution in [3.63, 3.8) is 0 Å². The summed E-state index contributed by atoms with van der Waals surface area (Å²) in [6, 6.07) is 0.584. The molecule has 0 aliphatic rings. The second kappa shape index (κ2) is 9.49. The fourth-order valence-electron chi connectivity index (χ4n) is 0.965. The van der Waals surface area contributed by atoms with Crippen LogP contribution in [0.15, 0.2) is 0 Å². The van der Waals surface area contributed by atoms with Crippen LogP contribution in [0.2, 0.25) is 0 Å². The van der Waals surface area contributed by atoms with Crippen molar-refractivity contribution < 1.29 is 4.74 Å². The number of methoxy groups -OCH3 is 1. The number of ether oxygens (including phenoxy) is 1. The SMILES string of the molecule is COCCC(C)NCCCCBr. The molecule has 3 heteroatoms. The summed E-state index contributed by atoms with van der Waals surface area (Å²) in [6.45, 7) is 4.18. The van der Waals surface area contributed by atoms with E-state index in [-0.39, 0.29) is 0 Å². The molecule has 1 N–H and O–H groups in total. The van der Waals surface area contributed by atoms with Crippen LogP contribution < -0.4 is 5.32 Å². The Hall–Kier alpha value is 0.400. The third-order valence-electron chi connectivity index (χ3n) is 1.81. The molecule has 0 aromatic carbocycles. The van der Waals surface area contributed by atoms with E-state index in [1.807, 2.05) is 0 Å². The number of alkyl halides is 1. The summed E-state index contributed by atoms with van der Waals surface area (Å²) in [4.78, 5) is 0. The Kier molecular flexibility index (Phi) is 9.80. The highest BCUT2D eigenvalue weighted by molar-refractivity contribution is 9.09. The van der Waals surface area contributed by atoms with Crippen LogP contribution in [0.25, 0.3) is 0 Å². The van der Waals surface area contributed by atoms with E-state index in [0.29, 0.717) is 6.04 Å². The quantitative estimate of drug-likeness (QED) is 0.517. The van der Waals surface area contributed by atoms with E-state index in [0.717, 1.165) is 24.9 Å². The molecule has 0 radical (unpaired) electrons. The Morgan fingerprint density at radius 2 is 2.17 bits per heavy atom.